The van der Waals surface area contributed by atoms with Crippen molar-refractivity contribution in [2.45, 2.75) is 51.3 Å². The second kappa shape index (κ2) is 11.7. The molecule has 0 unspecified atom stereocenters. The number of carbonyl (C=O) groups excluding carboxylic acids is 1. The Morgan fingerprint density at radius 2 is 2.17 bits per heavy atom. The Hall–Kier alpha value is -1.39. The van der Waals surface area contributed by atoms with Crippen LogP contribution in [0.3, 0.4) is 0 Å². The molecule has 3 heterocycles. The molecule has 1 fully saturated rings. The fourth-order valence-corrected chi connectivity index (χ4v) is 3.74. The van der Waals surface area contributed by atoms with E-state index in [1.54, 1.807) is 6.20 Å². The number of anilines is 1. The van der Waals surface area contributed by atoms with E-state index < -0.39 is 8.07 Å². The number of halogens is 2. The van der Waals surface area contributed by atoms with E-state index in [2.05, 4.69) is 45.6 Å². The van der Waals surface area contributed by atoms with Crippen LogP contribution in [0.15, 0.2) is 18.5 Å². The Bertz CT molecular complexity index is 777. The number of urea groups is 1. The van der Waals surface area contributed by atoms with Gasteiger partial charge in [-0.3, -0.25) is 5.32 Å². The van der Waals surface area contributed by atoms with E-state index in [4.69, 9.17) is 4.74 Å². The maximum Gasteiger partial charge on any atom is 0.320 e. The number of amides is 2. The molecule has 0 bridgehead atoms. The average Bonchev–Trinajstić information content (AvgIpc) is 3.01. The third kappa shape index (κ3) is 8.10. The molecular formula is C18H32Cl2N6O2Si. The number of fused-ring (bicyclic) bond motifs is 1. The van der Waals surface area contributed by atoms with Gasteiger partial charge in [0.1, 0.15) is 12.2 Å². The topological polar surface area (TPSA) is 93.1 Å². The highest BCUT2D eigenvalue weighted by Crippen LogP contribution is 2.15. The summed E-state index contributed by atoms with van der Waals surface area (Å²) >= 11 is 0. The highest BCUT2D eigenvalue weighted by molar-refractivity contribution is 6.76. The third-order valence-corrected chi connectivity index (χ3v) is 6.27. The van der Waals surface area contributed by atoms with Gasteiger partial charge in [0.05, 0.1) is 6.20 Å². The Kier molecular flexibility index (Phi) is 10.4. The lowest BCUT2D eigenvalue weighted by molar-refractivity contribution is 0.0899. The predicted molar refractivity (Wildman–Crippen MR) is 124 cm³/mol. The van der Waals surface area contributed by atoms with Gasteiger partial charge in [-0.05, 0) is 31.5 Å². The number of hydrogen-bond donors (Lipinski definition) is 3. The largest absolute Gasteiger partial charge is 0.361 e. The summed E-state index contributed by atoms with van der Waals surface area (Å²) in [7, 11) is -1.08. The minimum absolute atomic E-state index is 0. The molecule has 164 valence electrons. The molecular weight excluding hydrogens is 431 g/mol. The number of nitrogens with zero attached hydrogens (tertiary/aromatic N) is 3. The van der Waals surface area contributed by atoms with Crippen LogP contribution in [0.4, 0.5) is 10.6 Å². The first-order valence-corrected chi connectivity index (χ1v) is 13.3. The molecule has 3 rings (SSSR count). The van der Waals surface area contributed by atoms with Crippen LogP contribution in [0.25, 0.3) is 11.2 Å². The Labute approximate surface area is 185 Å². The van der Waals surface area contributed by atoms with Crippen molar-refractivity contribution in [1.29, 1.82) is 0 Å². The predicted octanol–water partition coefficient (Wildman–Crippen LogP) is 3.46. The van der Waals surface area contributed by atoms with Gasteiger partial charge in [-0.2, -0.15) is 0 Å². The van der Waals surface area contributed by atoms with Crippen LogP contribution in [-0.2, 0) is 11.5 Å². The molecule has 2 amide bonds. The molecule has 11 heteroatoms. The fourth-order valence-electron chi connectivity index (χ4n) is 2.98. The standard InChI is InChI=1S/C18H30N6O2Si.2ClH/c1-27(2,3)10-9-26-13-24-8-6-15-17(24)20-12-16(22-15)23-18(25)21-14-5-4-7-19-11-14;;/h6,8,12,14,19H,4-5,7,9-11,13H2,1-3H3,(H2,21,22,23,25);2*1H/t14-;;/m1../s1. The first-order chi connectivity index (χ1) is 12.9. The minimum Gasteiger partial charge on any atom is -0.361 e. The molecule has 1 saturated heterocycles. The van der Waals surface area contributed by atoms with E-state index in [9.17, 15) is 4.79 Å². The SMILES string of the molecule is C[Si](C)(C)CCOCn1ccc2nc(NC(=O)N[C@@H]3CCCNC3)cnc21.Cl.Cl. The molecule has 8 nitrogen and oxygen atoms in total. The smallest absolute Gasteiger partial charge is 0.320 e. The molecule has 2 aromatic heterocycles. The maximum atomic E-state index is 12.1. The van der Waals surface area contributed by atoms with E-state index in [-0.39, 0.29) is 36.9 Å². The van der Waals surface area contributed by atoms with E-state index in [1.807, 2.05) is 16.8 Å². The molecule has 2 aromatic rings. The summed E-state index contributed by atoms with van der Waals surface area (Å²) < 4.78 is 7.72. The zero-order chi connectivity index (χ0) is 19.3. The fraction of sp³-hybridized carbons (Fsp3) is 0.611. The van der Waals surface area contributed by atoms with Crippen LogP contribution in [0.1, 0.15) is 12.8 Å². The summed E-state index contributed by atoms with van der Waals surface area (Å²) in [6, 6.07) is 2.94. The summed E-state index contributed by atoms with van der Waals surface area (Å²) in [5.41, 5.74) is 1.49. The van der Waals surface area contributed by atoms with E-state index >= 15 is 0 Å². The van der Waals surface area contributed by atoms with Crippen molar-refractivity contribution in [3.63, 3.8) is 0 Å². The highest BCUT2D eigenvalue weighted by atomic mass is 35.5. The molecule has 0 spiro atoms. The number of piperidine rings is 1. The van der Waals surface area contributed by atoms with Gasteiger partial charge in [-0.25, -0.2) is 14.8 Å². The number of ether oxygens (including phenoxy) is 1. The van der Waals surface area contributed by atoms with E-state index in [0.29, 0.717) is 12.5 Å². The van der Waals surface area contributed by atoms with Crippen LogP contribution >= 0.6 is 24.8 Å². The quantitative estimate of drug-likeness (QED) is 0.432. The second-order valence-electron chi connectivity index (χ2n) is 8.24. The molecule has 0 radical (unpaired) electrons. The zero-order valence-corrected chi connectivity index (χ0v) is 19.9. The summed E-state index contributed by atoms with van der Waals surface area (Å²) in [5.74, 6) is 0.446. The number of aromatic nitrogens is 3. The molecule has 1 atom stereocenters. The van der Waals surface area contributed by atoms with Gasteiger partial charge in [-0.1, -0.05) is 19.6 Å². The molecule has 29 heavy (non-hydrogen) atoms. The number of nitrogens with one attached hydrogen (secondary N) is 3. The van der Waals surface area contributed by atoms with Gasteiger partial charge in [0.25, 0.3) is 0 Å². The lowest BCUT2D eigenvalue weighted by atomic mass is 10.1. The van der Waals surface area contributed by atoms with Crippen molar-refractivity contribution in [3.8, 4) is 0 Å². The molecule has 0 aromatic carbocycles. The van der Waals surface area contributed by atoms with E-state index in [0.717, 1.165) is 49.7 Å². The summed E-state index contributed by atoms with van der Waals surface area (Å²) in [5, 5.41) is 9.01. The van der Waals surface area contributed by atoms with Crippen LogP contribution < -0.4 is 16.0 Å². The lowest BCUT2D eigenvalue weighted by Crippen LogP contribution is -2.47. The molecule has 0 aliphatic carbocycles. The van der Waals surface area contributed by atoms with Crippen molar-refractivity contribution in [2.75, 3.05) is 25.0 Å². The molecule has 1 aliphatic heterocycles. The zero-order valence-electron chi connectivity index (χ0n) is 17.2. The molecule has 0 saturated carbocycles. The van der Waals surface area contributed by atoms with Crippen molar-refractivity contribution >= 4 is 55.9 Å². The van der Waals surface area contributed by atoms with Crippen molar-refractivity contribution in [2.24, 2.45) is 0 Å². The van der Waals surface area contributed by atoms with E-state index in [1.165, 1.54) is 0 Å². The monoisotopic (exact) mass is 462 g/mol. The molecule has 3 N–H and O–H groups in total. The van der Waals surface area contributed by atoms with Crippen LogP contribution in [0.2, 0.25) is 25.7 Å². The van der Waals surface area contributed by atoms with Crippen molar-refractivity contribution in [1.82, 2.24) is 25.2 Å². The normalized spacial score (nSPS) is 16.6. The van der Waals surface area contributed by atoms with Crippen molar-refractivity contribution < 1.29 is 9.53 Å². The Morgan fingerprint density at radius 1 is 1.38 bits per heavy atom. The van der Waals surface area contributed by atoms with Gasteiger partial charge >= 0.3 is 6.03 Å². The molecule has 1 aliphatic rings. The van der Waals surface area contributed by atoms with Crippen LogP contribution in [0.5, 0.6) is 0 Å². The second-order valence-corrected chi connectivity index (χ2v) is 13.9. The first kappa shape index (κ1) is 25.6. The number of rotatable bonds is 7. The van der Waals surface area contributed by atoms with Crippen molar-refractivity contribution in [3.05, 3.63) is 18.5 Å². The number of hydrogen-bond acceptors (Lipinski definition) is 5. The van der Waals surface area contributed by atoms with Crippen LogP contribution in [0, 0.1) is 0 Å². The highest BCUT2D eigenvalue weighted by Gasteiger charge is 2.16. The Morgan fingerprint density at radius 3 is 2.86 bits per heavy atom. The average molecular weight is 463 g/mol. The summed E-state index contributed by atoms with van der Waals surface area (Å²) in [6.45, 7) is 10.1. The maximum absolute atomic E-state index is 12.1. The van der Waals surface area contributed by atoms with Gasteiger partial charge < -0.3 is 19.9 Å². The van der Waals surface area contributed by atoms with Gasteiger partial charge in [0, 0.05) is 33.5 Å². The Balaban J connectivity index is 0.00000210. The van der Waals surface area contributed by atoms with Gasteiger partial charge in [0.15, 0.2) is 11.5 Å². The van der Waals surface area contributed by atoms with Gasteiger partial charge in [0.2, 0.25) is 0 Å². The van der Waals surface area contributed by atoms with Gasteiger partial charge in [-0.15, -0.1) is 24.8 Å². The van der Waals surface area contributed by atoms with Crippen LogP contribution in [-0.4, -0.2) is 54.4 Å². The number of carbonyl (C=O) groups is 1. The lowest BCUT2D eigenvalue weighted by Gasteiger charge is -2.23. The minimum atomic E-state index is -1.08. The third-order valence-electron chi connectivity index (χ3n) is 4.56. The first-order valence-electron chi connectivity index (χ1n) is 9.59. The summed E-state index contributed by atoms with van der Waals surface area (Å²) in [6.07, 6.45) is 5.56. The summed E-state index contributed by atoms with van der Waals surface area (Å²) in [4.78, 5) is 21.1.